The van der Waals surface area contributed by atoms with Crippen LogP contribution in [0.15, 0.2) is 22.7 Å². The maximum absolute atomic E-state index is 11.6. The van der Waals surface area contributed by atoms with Crippen LogP contribution in [0.5, 0.6) is 0 Å². The first kappa shape index (κ1) is 10.2. The van der Waals surface area contributed by atoms with E-state index >= 15 is 0 Å². The summed E-state index contributed by atoms with van der Waals surface area (Å²) in [5.74, 6) is -0.147. The van der Waals surface area contributed by atoms with Crippen molar-refractivity contribution >= 4 is 32.7 Å². The van der Waals surface area contributed by atoms with Crippen molar-refractivity contribution in [2.24, 2.45) is 0 Å². The Morgan fingerprint density at radius 2 is 2.40 bits per heavy atom. The number of H-pyrrole nitrogens is 1. The van der Waals surface area contributed by atoms with Crippen LogP contribution in [-0.4, -0.2) is 22.6 Å². The van der Waals surface area contributed by atoms with E-state index in [0.29, 0.717) is 12.2 Å². The number of hydrogen-bond acceptors (Lipinski definition) is 2. The minimum atomic E-state index is -0.147. The molecule has 4 nitrogen and oxygen atoms in total. The third-order valence-corrected chi connectivity index (χ3v) is 2.57. The summed E-state index contributed by atoms with van der Waals surface area (Å²) in [5.41, 5.74) is 1.30. The minimum absolute atomic E-state index is 0.147. The van der Waals surface area contributed by atoms with Crippen molar-refractivity contribution in [3.63, 3.8) is 0 Å². The summed E-state index contributed by atoms with van der Waals surface area (Å²) < 4.78 is 0.959. The Morgan fingerprint density at radius 1 is 1.60 bits per heavy atom. The number of amides is 1. The second kappa shape index (κ2) is 4.02. The predicted octanol–water partition coefficient (Wildman–Crippen LogP) is 2.08. The molecule has 0 aliphatic carbocycles. The highest BCUT2D eigenvalue weighted by Gasteiger charge is 2.12. The second-order valence-corrected chi connectivity index (χ2v) is 4.04. The van der Waals surface area contributed by atoms with Crippen molar-refractivity contribution in [1.29, 1.82) is 0 Å². The lowest BCUT2D eigenvalue weighted by Crippen LogP contribution is -2.23. The number of nitrogens with one attached hydrogen (secondary N) is 2. The Kier molecular flexibility index (Phi) is 2.73. The van der Waals surface area contributed by atoms with E-state index in [4.69, 9.17) is 0 Å². The van der Waals surface area contributed by atoms with Gasteiger partial charge in [0.2, 0.25) is 0 Å². The zero-order valence-electron chi connectivity index (χ0n) is 8.17. The molecule has 1 amide bonds. The smallest absolute Gasteiger partial charge is 0.272 e. The largest absolute Gasteiger partial charge is 0.351 e. The molecule has 0 fully saturated rings. The minimum Gasteiger partial charge on any atom is -0.351 e. The number of halogens is 1. The maximum atomic E-state index is 11.6. The average Bonchev–Trinajstić information content (AvgIpc) is 2.60. The summed E-state index contributed by atoms with van der Waals surface area (Å²) in [6.45, 7) is 2.48. The van der Waals surface area contributed by atoms with Gasteiger partial charge in [0.05, 0.1) is 5.52 Å². The summed E-state index contributed by atoms with van der Waals surface area (Å²) in [4.78, 5) is 11.6. The number of nitrogens with zero attached hydrogens (tertiary/aromatic N) is 1. The lowest BCUT2D eigenvalue weighted by molar-refractivity contribution is 0.0952. The number of carbonyl (C=O) groups excluding carboxylic acids is 1. The average molecular weight is 268 g/mol. The van der Waals surface area contributed by atoms with Crippen LogP contribution in [0.3, 0.4) is 0 Å². The number of aromatic nitrogens is 2. The van der Waals surface area contributed by atoms with Gasteiger partial charge in [0.25, 0.3) is 5.91 Å². The second-order valence-electron chi connectivity index (χ2n) is 3.12. The molecule has 1 heterocycles. The van der Waals surface area contributed by atoms with E-state index < -0.39 is 0 Å². The van der Waals surface area contributed by atoms with Crippen molar-refractivity contribution in [3.8, 4) is 0 Å². The lowest BCUT2D eigenvalue weighted by atomic mass is 10.2. The molecular weight excluding hydrogens is 258 g/mol. The molecule has 5 heteroatoms. The molecule has 1 aromatic heterocycles. The molecule has 0 radical (unpaired) electrons. The summed E-state index contributed by atoms with van der Waals surface area (Å²) in [6, 6.07) is 5.65. The van der Waals surface area contributed by atoms with Crippen molar-refractivity contribution in [3.05, 3.63) is 28.4 Å². The van der Waals surface area contributed by atoms with Gasteiger partial charge in [-0.25, -0.2) is 0 Å². The van der Waals surface area contributed by atoms with Gasteiger partial charge in [-0.15, -0.1) is 0 Å². The zero-order valence-corrected chi connectivity index (χ0v) is 9.76. The lowest BCUT2D eigenvalue weighted by Gasteiger charge is -1.98. The first-order valence-corrected chi connectivity index (χ1v) is 5.43. The van der Waals surface area contributed by atoms with E-state index in [-0.39, 0.29) is 5.91 Å². The van der Waals surface area contributed by atoms with Gasteiger partial charge in [-0.3, -0.25) is 9.89 Å². The van der Waals surface area contributed by atoms with Crippen LogP contribution in [-0.2, 0) is 0 Å². The standard InChI is InChI=1S/C10H10BrN3O/c1-2-12-10(15)9-7-4-3-6(11)5-8(7)13-14-9/h3-5H,2H2,1H3,(H,12,15)(H,13,14). The van der Waals surface area contributed by atoms with E-state index in [0.717, 1.165) is 15.4 Å². The molecule has 0 atom stereocenters. The number of rotatable bonds is 2. The molecule has 1 aromatic carbocycles. The van der Waals surface area contributed by atoms with Crippen LogP contribution in [0.2, 0.25) is 0 Å². The van der Waals surface area contributed by atoms with Gasteiger partial charge in [0.15, 0.2) is 5.69 Å². The fraction of sp³-hybridized carbons (Fsp3) is 0.200. The van der Waals surface area contributed by atoms with Crippen molar-refractivity contribution in [2.75, 3.05) is 6.54 Å². The Labute approximate surface area is 95.2 Å². The molecule has 78 valence electrons. The summed E-state index contributed by atoms with van der Waals surface area (Å²) in [7, 11) is 0. The van der Waals surface area contributed by atoms with E-state index in [1.165, 1.54) is 0 Å². The van der Waals surface area contributed by atoms with Crippen LogP contribution in [0, 0.1) is 0 Å². The summed E-state index contributed by atoms with van der Waals surface area (Å²) in [5, 5.41) is 10.4. The van der Waals surface area contributed by atoms with Crippen molar-refractivity contribution in [2.45, 2.75) is 6.92 Å². The van der Waals surface area contributed by atoms with E-state index in [9.17, 15) is 4.79 Å². The molecule has 0 saturated carbocycles. The third kappa shape index (κ3) is 1.87. The first-order chi connectivity index (χ1) is 7.22. The molecule has 0 bridgehead atoms. The van der Waals surface area contributed by atoms with Crippen LogP contribution < -0.4 is 5.32 Å². The van der Waals surface area contributed by atoms with Gasteiger partial charge in [-0.05, 0) is 25.1 Å². The molecule has 0 unspecified atom stereocenters. The Balaban J connectivity index is 2.49. The van der Waals surface area contributed by atoms with Gasteiger partial charge < -0.3 is 5.32 Å². The normalized spacial score (nSPS) is 10.5. The summed E-state index contributed by atoms with van der Waals surface area (Å²) in [6.07, 6.45) is 0. The zero-order chi connectivity index (χ0) is 10.8. The molecular formula is C10H10BrN3O. The van der Waals surface area contributed by atoms with Gasteiger partial charge in [0.1, 0.15) is 0 Å². The van der Waals surface area contributed by atoms with Gasteiger partial charge in [-0.2, -0.15) is 5.10 Å². The van der Waals surface area contributed by atoms with E-state index in [1.54, 1.807) is 0 Å². The number of carbonyl (C=O) groups is 1. The number of benzene rings is 1. The quantitative estimate of drug-likeness (QED) is 0.876. The monoisotopic (exact) mass is 267 g/mol. The molecule has 2 rings (SSSR count). The predicted molar refractivity (Wildman–Crippen MR) is 61.8 cm³/mol. The van der Waals surface area contributed by atoms with Gasteiger partial charge >= 0.3 is 0 Å². The maximum Gasteiger partial charge on any atom is 0.272 e. The number of hydrogen-bond donors (Lipinski definition) is 2. The van der Waals surface area contributed by atoms with Gasteiger partial charge in [0, 0.05) is 16.4 Å². The molecule has 2 N–H and O–H groups in total. The molecule has 0 saturated heterocycles. The van der Waals surface area contributed by atoms with Crippen LogP contribution in [0.25, 0.3) is 10.9 Å². The highest BCUT2D eigenvalue weighted by Crippen LogP contribution is 2.20. The molecule has 2 aromatic rings. The highest BCUT2D eigenvalue weighted by molar-refractivity contribution is 9.10. The fourth-order valence-electron chi connectivity index (χ4n) is 1.41. The van der Waals surface area contributed by atoms with E-state index in [1.807, 2.05) is 25.1 Å². The number of aromatic amines is 1. The Bertz CT molecular complexity index is 506. The van der Waals surface area contributed by atoms with E-state index in [2.05, 4.69) is 31.4 Å². The Hall–Kier alpha value is -1.36. The molecule has 0 aliphatic rings. The van der Waals surface area contributed by atoms with Crippen molar-refractivity contribution < 1.29 is 4.79 Å². The van der Waals surface area contributed by atoms with Crippen LogP contribution >= 0.6 is 15.9 Å². The molecule has 0 aliphatic heterocycles. The van der Waals surface area contributed by atoms with Crippen molar-refractivity contribution in [1.82, 2.24) is 15.5 Å². The molecule has 0 spiro atoms. The Morgan fingerprint density at radius 3 is 3.13 bits per heavy atom. The van der Waals surface area contributed by atoms with Gasteiger partial charge in [-0.1, -0.05) is 15.9 Å². The fourth-order valence-corrected chi connectivity index (χ4v) is 1.77. The van der Waals surface area contributed by atoms with Crippen LogP contribution in [0.4, 0.5) is 0 Å². The van der Waals surface area contributed by atoms with Crippen LogP contribution in [0.1, 0.15) is 17.4 Å². The number of fused-ring (bicyclic) bond motifs is 1. The molecule has 15 heavy (non-hydrogen) atoms. The SMILES string of the molecule is CCNC(=O)c1n[nH]c2cc(Br)ccc12. The summed E-state index contributed by atoms with van der Waals surface area (Å²) >= 11 is 3.36. The highest BCUT2D eigenvalue weighted by atomic mass is 79.9. The third-order valence-electron chi connectivity index (χ3n) is 2.08. The first-order valence-electron chi connectivity index (χ1n) is 4.64. The topological polar surface area (TPSA) is 57.8 Å².